The minimum Gasteiger partial charge on any atom is -1.00 e. The molecule has 6 heteroatoms. The van der Waals surface area contributed by atoms with Gasteiger partial charge in [0.05, 0.1) is 20.6 Å². The van der Waals surface area contributed by atoms with Crippen LogP contribution in [0.25, 0.3) is 0 Å². The molecule has 0 amide bonds. The number of unbranched alkanes of at least 4 members (excludes halogenated alkanes) is 1. The molecule has 0 saturated heterocycles. The van der Waals surface area contributed by atoms with Crippen molar-refractivity contribution in [3.8, 4) is 0 Å². The molecular weight excluding hydrogens is 198 g/mol. The average Bonchev–Trinajstić information content (AvgIpc) is 1.81. The van der Waals surface area contributed by atoms with Gasteiger partial charge in [0.15, 0.2) is 0 Å². The van der Waals surface area contributed by atoms with Crippen molar-refractivity contribution in [2.45, 2.75) is 19.8 Å². The van der Waals surface area contributed by atoms with Crippen LogP contribution >= 0.6 is 0 Å². The molecule has 0 heterocycles. The second-order valence-electron chi connectivity index (χ2n) is 3.36. The lowest BCUT2D eigenvalue weighted by Crippen LogP contribution is -3.00. The van der Waals surface area contributed by atoms with Gasteiger partial charge in [0.1, 0.15) is 0 Å². The largest absolute Gasteiger partial charge is 1.00 e. The molecule has 76 valence electrons. The summed E-state index contributed by atoms with van der Waals surface area (Å²) in [5.74, 6) is 0. The molecule has 0 radical (unpaired) electrons. The van der Waals surface area contributed by atoms with Gasteiger partial charge in [0, 0.05) is 0 Å². The molecule has 4 nitrogen and oxygen atoms in total. The molecule has 0 aromatic heterocycles. The Morgan fingerprint density at radius 2 is 1.58 bits per heavy atom. The fourth-order valence-electron chi connectivity index (χ4n) is 0.703. The highest BCUT2D eigenvalue weighted by molar-refractivity contribution is 6.47. The number of hydrogen-bond acceptors (Lipinski definition) is 3. The van der Waals surface area contributed by atoms with Crippen LogP contribution in [0.15, 0.2) is 0 Å². The average molecular weight is 216 g/mol. The van der Waals surface area contributed by atoms with Crippen molar-refractivity contribution >= 4 is 8.97 Å². The van der Waals surface area contributed by atoms with E-state index in [1.165, 1.54) is 0 Å². The Kier molecular flexibility index (Phi) is 6.38. The molecule has 0 fully saturated rings. The Labute approximate surface area is 80.9 Å². The molecule has 3 N–H and O–H groups in total. The lowest BCUT2D eigenvalue weighted by atomic mass is 10.3. The Hall–Kier alpha value is 0.347. The first-order valence-electron chi connectivity index (χ1n) is 3.81. The van der Waals surface area contributed by atoms with Crippen LogP contribution in [0.4, 0.5) is 0 Å². The first-order chi connectivity index (χ1) is 4.81. The van der Waals surface area contributed by atoms with Crippen LogP contribution in [-0.4, -0.2) is 48.1 Å². The topological polar surface area (TPSA) is 60.7 Å². The van der Waals surface area contributed by atoms with Gasteiger partial charge in [-0.3, -0.25) is 0 Å². The van der Waals surface area contributed by atoms with Crippen molar-refractivity contribution in [3.05, 3.63) is 0 Å². The predicted octanol–water partition coefficient (Wildman–Crippen LogP) is -3.72. The highest BCUT2D eigenvalue weighted by Crippen LogP contribution is 2.08. The maximum absolute atomic E-state index is 8.99. The van der Waals surface area contributed by atoms with Crippen LogP contribution in [0.5, 0.6) is 0 Å². The van der Waals surface area contributed by atoms with Crippen molar-refractivity contribution in [2.24, 2.45) is 0 Å². The molecule has 0 bridgehead atoms. The van der Waals surface area contributed by atoms with E-state index in [-0.39, 0.29) is 16.6 Å². The number of rotatable bonds is 4. The van der Waals surface area contributed by atoms with Gasteiger partial charge < -0.3 is 30.9 Å². The third-order valence-corrected chi connectivity index (χ3v) is 3.73. The van der Waals surface area contributed by atoms with E-state index in [4.69, 9.17) is 14.4 Å². The second-order valence-corrected chi connectivity index (χ2v) is 5.77. The predicted molar refractivity (Wildman–Crippen MR) is 44.3 cm³/mol. The molecule has 0 aliphatic heterocycles. The van der Waals surface area contributed by atoms with E-state index in [9.17, 15) is 0 Å². The number of halogens is 1. The van der Waals surface area contributed by atoms with Crippen molar-refractivity contribution in [2.75, 3.05) is 20.6 Å². The van der Waals surface area contributed by atoms with E-state index in [1.807, 2.05) is 6.92 Å². The molecular formula is C6H18ClNO3Si. The molecule has 0 aromatic carbocycles. The summed E-state index contributed by atoms with van der Waals surface area (Å²) in [4.78, 5) is 27.0. The molecule has 0 aliphatic carbocycles. The first-order valence-corrected chi connectivity index (χ1v) is 5.60. The van der Waals surface area contributed by atoms with Gasteiger partial charge in [-0.25, -0.2) is 0 Å². The van der Waals surface area contributed by atoms with Crippen LogP contribution in [0.2, 0.25) is 0 Å². The van der Waals surface area contributed by atoms with Crippen LogP contribution in [0.3, 0.4) is 0 Å². The van der Waals surface area contributed by atoms with E-state index in [0.717, 1.165) is 12.8 Å². The summed E-state index contributed by atoms with van der Waals surface area (Å²) in [6.45, 7) is 2.63. The van der Waals surface area contributed by atoms with Crippen molar-refractivity contribution in [1.82, 2.24) is 0 Å². The maximum atomic E-state index is 8.99. The summed E-state index contributed by atoms with van der Waals surface area (Å²) in [6, 6.07) is 0. The summed E-state index contributed by atoms with van der Waals surface area (Å²) in [7, 11) is -0.731. The molecule has 0 aromatic rings. The Morgan fingerprint density at radius 1 is 1.17 bits per heavy atom. The minimum absolute atomic E-state index is 0. The van der Waals surface area contributed by atoms with Gasteiger partial charge in [-0.15, -0.1) is 0 Å². The molecule has 12 heavy (non-hydrogen) atoms. The SMILES string of the molecule is CCCC[N+](C)(C)[Si](O)(O)O.[Cl-]. The lowest BCUT2D eigenvalue weighted by molar-refractivity contribution is -0.818. The standard InChI is InChI=1S/C6H18NO3Si.ClH/c1-4-5-6-7(2,3)11(8,9)10;/h8-10H,4-6H2,1-3H3;1H/q+1;/p-1. The van der Waals surface area contributed by atoms with Gasteiger partial charge in [-0.1, -0.05) is 13.3 Å². The summed E-state index contributed by atoms with van der Waals surface area (Å²) in [6.07, 6.45) is 1.88. The zero-order chi connectivity index (χ0) is 9.12. The normalized spacial score (nSPS) is 12.5. The summed E-state index contributed by atoms with van der Waals surface area (Å²) in [5, 5.41) is 0. The fraction of sp³-hybridized carbons (Fsp3) is 1.00. The summed E-state index contributed by atoms with van der Waals surface area (Å²) in [5.41, 5.74) is 0. The summed E-state index contributed by atoms with van der Waals surface area (Å²) >= 11 is 0. The van der Waals surface area contributed by atoms with E-state index in [1.54, 1.807) is 14.1 Å². The highest BCUT2D eigenvalue weighted by atomic mass is 35.5. The van der Waals surface area contributed by atoms with Crippen molar-refractivity contribution < 1.29 is 30.9 Å². The molecule has 0 aliphatic rings. The minimum atomic E-state index is -3.98. The number of hydrogen-bond donors (Lipinski definition) is 3. The third-order valence-electron chi connectivity index (χ3n) is 1.88. The fourth-order valence-corrected chi connectivity index (χ4v) is 1.16. The summed E-state index contributed by atoms with van der Waals surface area (Å²) < 4.78 is -0.0686. The number of quaternary nitrogens is 1. The Balaban J connectivity index is 0. The van der Waals surface area contributed by atoms with Gasteiger partial charge in [-0.05, 0) is 6.42 Å². The maximum Gasteiger partial charge on any atom is 0.775 e. The number of nitrogens with zero attached hydrogens (tertiary/aromatic N) is 1. The smallest absolute Gasteiger partial charge is 0.775 e. The zero-order valence-electron chi connectivity index (χ0n) is 7.79. The van der Waals surface area contributed by atoms with Gasteiger partial charge in [0.2, 0.25) is 0 Å². The molecule has 0 saturated carbocycles. The van der Waals surface area contributed by atoms with Crippen LogP contribution in [0.1, 0.15) is 19.8 Å². The van der Waals surface area contributed by atoms with Crippen LogP contribution < -0.4 is 12.4 Å². The quantitative estimate of drug-likeness (QED) is 0.423. The Morgan fingerprint density at radius 3 is 1.83 bits per heavy atom. The second kappa shape index (κ2) is 5.16. The first kappa shape index (κ1) is 14.8. The molecule has 0 spiro atoms. The zero-order valence-corrected chi connectivity index (χ0v) is 9.54. The monoisotopic (exact) mass is 215 g/mol. The van der Waals surface area contributed by atoms with Gasteiger partial charge >= 0.3 is 8.97 Å². The van der Waals surface area contributed by atoms with Crippen molar-refractivity contribution in [1.29, 1.82) is 0 Å². The van der Waals surface area contributed by atoms with Gasteiger partial charge in [0.25, 0.3) is 0 Å². The third kappa shape index (κ3) is 4.39. The van der Waals surface area contributed by atoms with E-state index < -0.39 is 8.97 Å². The van der Waals surface area contributed by atoms with E-state index >= 15 is 0 Å². The van der Waals surface area contributed by atoms with Crippen LogP contribution in [-0.2, 0) is 0 Å². The van der Waals surface area contributed by atoms with Crippen molar-refractivity contribution in [3.63, 3.8) is 0 Å². The lowest BCUT2D eigenvalue weighted by Gasteiger charge is -2.33. The van der Waals surface area contributed by atoms with Gasteiger partial charge in [-0.2, -0.15) is 0 Å². The van der Waals surface area contributed by atoms with E-state index in [0.29, 0.717) is 6.54 Å². The molecule has 0 rings (SSSR count). The molecule has 0 atom stereocenters. The van der Waals surface area contributed by atoms with Crippen LogP contribution in [0, 0.1) is 0 Å². The van der Waals surface area contributed by atoms with E-state index in [2.05, 4.69) is 0 Å². The molecule has 0 unspecified atom stereocenters. The Bertz CT molecular complexity index is 126. The highest BCUT2D eigenvalue weighted by Gasteiger charge is 2.51.